The van der Waals surface area contributed by atoms with Gasteiger partial charge in [0.2, 0.25) is 0 Å². The fraction of sp³-hybridized carbons (Fsp3) is 0.290. The predicted octanol–water partition coefficient (Wildman–Crippen LogP) is 7.14. The summed E-state index contributed by atoms with van der Waals surface area (Å²) in [5, 5.41) is 12.0. The summed E-state index contributed by atoms with van der Waals surface area (Å²) in [6.07, 6.45) is -11.8. The van der Waals surface area contributed by atoms with Gasteiger partial charge in [0, 0.05) is 44.8 Å². The fourth-order valence-electron chi connectivity index (χ4n) is 5.15. The highest BCUT2D eigenvalue weighted by molar-refractivity contribution is 5.83. The molecule has 4 aromatic rings. The lowest BCUT2D eigenvalue weighted by Crippen LogP contribution is -2.53. The van der Waals surface area contributed by atoms with Crippen molar-refractivity contribution < 1.29 is 31.4 Å². The van der Waals surface area contributed by atoms with Gasteiger partial charge in [0.15, 0.2) is 0 Å². The molecule has 3 nitrogen and oxygen atoms in total. The minimum absolute atomic E-state index is 0.448. The highest BCUT2D eigenvalue weighted by Gasteiger charge is 2.71. The zero-order valence-electron chi connectivity index (χ0n) is 21.5. The summed E-state index contributed by atoms with van der Waals surface area (Å²) in [5.74, 6) is 0. The highest BCUT2D eigenvalue weighted by Crippen LogP contribution is 2.50. The molecule has 1 aliphatic rings. The maximum Gasteiger partial charge on any atom is 0.430 e. The van der Waals surface area contributed by atoms with Crippen LogP contribution < -0.4 is 0 Å². The molecule has 0 spiro atoms. The Morgan fingerprint density at radius 3 is 1.52 bits per heavy atom. The van der Waals surface area contributed by atoms with Crippen LogP contribution in [0.15, 0.2) is 91.0 Å². The Bertz CT molecular complexity index is 1430. The zero-order chi connectivity index (χ0) is 28.5. The number of nitrogens with zero attached hydrogens (tertiary/aromatic N) is 2. The second-order valence-electron chi connectivity index (χ2n) is 10.2. The van der Waals surface area contributed by atoms with Crippen LogP contribution in [-0.4, -0.2) is 53.4 Å². The van der Waals surface area contributed by atoms with Crippen molar-refractivity contribution in [2.24, 2.45) is 0 Å². The van der Waals surface area contributed by atoms with Crippen LogP contribution in [0.5, 0.6) is 0 Å². The molecule has 0 atom stereocenters. The molecule has 0 bridgehead atoms. The van der Waals surface area contributed by atoms with Crippen LogP contribution in [0, 0.1) is 0 Å². The lowest BCUT2D eigenvalue weighted by Gasteiger charge is -2.34. The number of benzene rings is 4. The highest BCUT2D eigenvalue weighted by atomic mass is 19.4. The van der Waals surface area contributed by atoms with Gasteiger partial charge in [0.25, 0.3) is 5.60 Å². The van der Waals surface area contributed by atoms with Gasteiger partial charge in [-0.2, -0.15) is 26.3 Å². The molecule has 1 fully saturated rings. The van der Waals surface area contributed by atoms with E-state index in [1.807, 2.05) is 24.3 Å². The zero-order valence-corrected chi connectivity index (χ0v) is 21.5. The van der Waals surface area contributed by atoms with E-state index < -0.39 is 23.5 Å². The molecule has 0 radical (unpaired) electrons. The first-order valence-electron chi connectivity index (χ1n) is 12.9. The lowest BCUT2D eigenvalue weighted by atomic mass is 9.90. The molecular formula is C31H28F6N2O. The van der Waals surface area contributed by atoms with E-state index in [9.17, 15) is 31.4 Å². The average Bonchev–Trinajstić information content (AvgIpc) is 2.93. The average molecular weight is 559 g/mol. The van der Waals surface area contributed by atoms with Gasteiger partial charge < -0.3 is 5.11 Å². The van der Waals surface area contributed by atoms with Gasteiger partial charge >= 0.3 is 12.4 Å². The quantitative estimate of drug-likeness (QED) is 0.255. The van der Waals surface area contributed by atoms with Gasteiger partial charge in [-0.25, -0.2) is 0 Å². The lowest BCUT2D eigenvalue weighted by molar-refractivity contribution is -0.376. The first-order valence-corrected chi connectivity index (χ1v) is 12.9. The van der Waals surface area contributed by atoms with Crippen molar-refractivity contribution in [3.63, 3.8) is 0 Å². The normalized spacial score (nSPS) is 16.0. The Morgan fingerprint density at radius 1 is 0.550 bits per heavy atom. The summed E-state index contributed by atoms with van der Waals surface area (Å²) >= 11 is 0. The molecule has 210 valence electrons. The molecule has 1 N–H and O–H groups in total. The van der Waals surface area contributed by atoms with E-state index in [0.717, 1.165) is 57.0 Å². The SMILES string of the molecule is OC(c1ccc(-c2ccc(CN3CCN(Cc4ccc5ccccc5c4)CC3)cc2)cc1)(C(F)(F)F)C(F)(F)F. The van der Waals surface area contributed by atoms with Gasteiger partial charge in [-0.15, -0.1) is 0 Å². The first-order chi connectivity index (χ1) is 18.9. The molecule has 5 rings (SSSR count). The van der Waals surface area contributed by atoms with Gasteiger partial charge in [-0.1, -0.05) is 84.9 Å². The summed E-state index contributed by atoms with van der Waals surface area (Å²) in [4.78, 5) is 4.79. The van der Waals surface area contributed by atoms with Crippen LogP contribution in [0.25, 0.3) is 21.9 Å². The molecule has 4 aromatic carbocycles. The molecule has 9 heteroatoms. The minimum Gasteiger partial charge on any atom is -0.369 e. The van der Waals surface area contributed by atoms with E-state index in [1.54, 1.807) is 12.1 Å². The third-order valence-electron chi connectivity index (χ3n) is 7.50. The van der Waals surface area contributed by atoms with Crippen molar-refractivity contribution >= 4 is 10.8 Å². The molecule has 0 unspecified atom stereocenters. The molecule has 0 aliphatic carbocycles. The smallest absolute Gasteiger partial charge is 0.369 e. The van der Waals surface area contributed by atoms with E-state index >= 15 is 0 Å². The van der Waals surface area contributed by atoms with Crippen molar-refractivity contribution in [1.29, 1.82) is 0 Å². The summed E-state index contributed by atoms with van der Waals surface area (Å²) < 4.78 is 78.8. The van der Waals surface area contributed by atoms with Gasteiger partial charge in [0.1, 0.15) is 0 Å². The van der Waals surface area contributed by atoms with Crippen LogP contribution in [-0.2, 0) is 18.7 Å². The fourth-order valence-corrected chi connectivity index (χ4v) is 5.15. The topological polar surface area (TPSA) is 26.7 Å². The second-order valence-corrected chi connectivity index (χ2v) is 10.2. The molecule has 40 heavy (non-hydrogen) atoms. The molecule has 0 aromatic heterocycles. The Labute approximate surface area is 228 Å². The van der Waals surface area contributed by atoms with Gasteiger partial charge in [-0.3, -0.25) is 9.80 Å². The molecule has 0 amide bonds. The van der Waals surface area contributed by atoms with Crippen LogP contribution in [0.2, 0.25) is 0 Å². The van der Waals surface area contributed by atoms with Crippen molar-refractivity contribution in [2.45, 2.75) is 31.0 Å². The third kappa shape index (κ3) is 5.73. The van der Waals surface area contributed by atoms with Crippen LogP contribution in [0.1, 0.15) is 16.7 Å². The second kappa shape index (κ2) is 10.9. The van der Waals surface area contributed by atoms with Crippen molar-refractivity contribution in [3.8, 4) is 11.1 Å². The van der Waals surface area contributed by atoms with Crippen LogP contribution in [0.4, 0.5) is 26.3 Å². The minimum atomic E-state index is -5.91. The number of fused-ring (bicyclic) bond motifs is 1. The van der Waals surface area contributed by atoms with Gasteiger partial charge in [-0.05, 0) is 39.1 Å². The van der Waals surface area contributed by atoms with E-state index in [1.165, 1.54) is 16.3 Å². The molecule has 1 saturated heterocycles. The molecule has 1 aliphatic heterocycles. The van der Waals surface area contributed by atoms with E-state index in [0.29, 0.717) is 23.3 Å². The predicted molar refractivity (Wildman–Crippen MR) is 142 cm³/mol. The summed E-state index contributed by atoms with van der Waals surface area (Å²) in [7, 11) is 0. The summed E-state index contributed by atoms with van der Waals surface area (Å²) in [6.45, 7) is 5.36. The van der Waals surface area contributed by atoms with Crippen molar-refractivity contribution in [1.82, 2.24) is 9.80 Å². The van der Waals surface area contributed by atoms with Crippen LogP contribution >= 0.6 is 0 Å². The van der Waals surface area contributed by atoms with Gasteiger partial charge in [0.05, 0.1) is 0 Å². The largest absolute Gasteiger partial charge is 0.430 e. The van der Waals surface area contributed by atoms with Crippen molar-refractivity contribution in [3.05, 3.63) is 108 Å². The summed E-state index contributed by atoms with van der Waals surface area (Å²) in [6, 6.07) is 25.9. The molecule has 1 heterocycles. The Kier molecular flexibility index (Phi) is 7.65. The number of halogens is 6. The number of alkyl halides is 6. The Hall–Kier alpha value is -3.40. The number of aliphatic hydroxyl groups is 1. The van der Waals surface area contributed by atoms with Crippen LogP contribution in [0.3, 0.4) is 0 Å². The number of hydrogen-bond acceptors (Lipinski definition) is 3. The monoisotopic (exact) mass is 558 g/mol. The van der Waals surface area contributed by atoms with Crippen molar-refractivity contribution in [2.75, 3.05) is 26.2 Å². The number of rotatable bonds is 6. The maximum absolute atomic E-state index is 13.1. The van der Waals surface area contributed by atoms with E-state index in [4.69, 9.17) is 0 Å². The van der Waals surface area contributed by atoms with E-state index in [2.05, 4.69) is 40.1 Å². The maximum atomic E-state index is 13.1. The molecular weight excluding hydrogens is 530 g/mol. The Balaban J connectivity index is 1.17. The number of hydrogen-bond donors (Lipinski definition) is 1. The standard InChI is InChI=1S/C31H28F6N2O/c32-30(33,34)29(40,31(35,36)37)28-13-11-26(12-14-28)25-8-5-22(6-9-25)20-38-15-17-39(18-16-38)21-23-7-10-24-3-1-2-4-27(24)19-23/h1-14,19,40H,15-18,20-21H2. The third-order valence-corrected chi connectivity index (χ3v) is 7.50. The van der Waals surface area contributed by atoms with E-state index in [-0.39, 0.29) is 0 Å². The summed E-state index contributed by atoms with van der Waals surface area (Å²) in [5.41, 5.74) is -2.75. The number of piperazine rings is 1. The first kappa shape index (κ1) is 28.1. The molecule has 0 saturated carbocycles. The Morgan fingerprint density at radius 2 is 1.00 bits per heavy atom.